The lowest BCUT2D eigenvalue weighted by atomic mass is 10.1. The van der Waals surface area contributed by atoms with Crippen LogP contribution in [0.4, 0.5) is 4.39 Å². The molecule has 1 aliphatic heterocycles. The second-order valence-corrected chi connectivity index (χ2v) is 10.1. The number of nitrogens with zero attached hydrogens (tertiary/aromatic N) is 5. The standard InChI is InChI=1S/C28H34FN7O2/c1-34-15-17-35(18-16-34)28(38)25(3-2-12-30-26-19-24(26)20-4-8-22(29)9-5-20)32-27(37)21-6-10-23(11-7-21)36-14-13-31-33-36/h4-11,13-14,24-26,30H,2-3,12,15-19H2,1H3,(H,32,37)/t24-,25+,26?/m1/s1. The predicted molar refractivity (Wildman–Crippen MR) is 141 cm³/mol. The van der Waals surface area contributed by atoms with Crippen LogP contribution in [0.3, 0.4) is 0 Å². The van der Waals surface area contributed by atoms with Gasteiger partial charge in [0.1, 0.15) is 11.9 Å². The van der Waals surface area contributed by atoms with Crippen molar-refractivity contribution in [1.29, 1.82) is 0 Å². The lowest BCUT2D eigenvalue weighted by Gasteiger charge is -2.34. The second-order valence-electron chi connectivity index (χ2n) is 10.1. The monoisotopic (exact) mass is 519 g/mol. The lowest BCUT2D eigenvalue weighted by Crippen LogP contribution is -2.54. The SMILES string of the molecule is CN1CCN(C(=O)[C@H](CCCNC2C[C@@H]2c2ccc(F)cc2)NC(=O)c2ccc(-n3ccnn3)cc2)CC1. The smallest absolute Gasteiger partial charge is 0.251 e. The van der Waals surface area contributed by atoms with Crippen molar-refractivity contribution in [3.05, 3.63) is 77.9 Å². The van der Waals surface area contributed by atoms with Gasteiger partial charge in [0.05, 0.1) is 18.1 Å². The number of likely N-dealkylation sites (N-methyl/N-ethyl adjacent to an activating group) is 1. The number of rotatable bonds is 10. The minimum absolute atomic E-state index is 0.0266. The molecule has 0 radical (unpaired) electrons. The molecule has 1 saturated heterocycles. The summed E-state index contributed by atoms with van der Waals surface area (Å²) in [7, 11) is 2.05. The Bertz CT molecular complexity index is 1210. The number of hydrogen-bond donors (Lipinski definition) is 2. The minimum Gasteiger partial charge on any atom is -0.340 e. The Morgan fingerprint density at radius 1 is 1.05 bits per heavy atom. The maximum Gasteiger partial charge on any atom is 0.251 e. The van der Waals surface area contributed by atoms with Crippen LogP contribution in [0.1, 0.15) is 41.1 Å². The highest BCUT2D eigenvalue weighted by atomic mass is 19.1. The molecule has 3 aromatic rings. The fourth-order valence-electron chi connectivity index (χ4n) is 4.95. The third-order valence-electron chi connectivity index (χ3n) is 7.40. The van der Waals surface area contributed by atoms with Crippen LogP contribution in [0.15, 0.2) is 60.9 Å². The molecule has 2 fully saturated rings. The first-order valence-corrected chi connectivity index (χ1v) is 13.2. The third kappa shape index (κ3) is 6.43. The Hall–Kier alpha value is -3.63. The zero-order valence-electron chi connectivity index (χ0n) is 21.6. The molecule has 38 heavy (non-hydrogen) atoms. The van der Waals surface area contributed by atoms with Gasteiger partial charge >= 0.3 is 0 Å². The highest BCUT2D eigenvalue weighted by molar-refractivity contribution is 5.97. The number of carbonyl (C=O) groups excluding carboxylic acids is 2. The lowest BCUT2D eigenvalue weighted by molar-refractivity contribution is -0.135. The van der Waals surface area contributed by atoms with Gasteiger partial charge in [0, 0.05) is 43.7 Å². The molecule has 3 atom stereocenters. The van der Waals surface area contributed by atoms with Crippen LogP contribution in [-0.4, -0.2) is 88.5 Å². The quantitative estimate of drug-likeness (QED) is 0.399. The van der Waals surface area contributed by atoms with Crippen molar-refractivity contribution in [2.45, 2.75) is 37.3 Å². The Morgan fingerprint density at radius 2 is 1.79 bits per heavy atom. The van der Waals surface area contributed by atoms with Gasteiger partial charge in [0.25, 0.3) is 5.91 Å². The molecule has 0 spiro atoms. The Balaban J connectivity index is 1.16. The molecule has 1 aromatic heterocycles. The normalized spacial score (nSPS) is 20.2. The summed E-state index contributed by atoms with van der Waals surface area (Å²) in [5.41, 5.74) is 2.44. The van der Waals surface area contributed by atoms with Gasteiger partial charge in [-0.05, 0) is 74.8 Å². The average molecular weight is 520 g/mol. The summed E-state index contributed by atoms with van der Waals surface area (Å²) in [5, 5.41) is 14.3. The summed E-state index contributed by atoms with van der Waals surface area (Å²) in [4.78, 5) is 30.6. The van der Waals surface area contributed by atoms with Crippen LogP contribution < -0.4 is 10.6 Å². The van der Waals surface area contributed by atoms with E-state index >= 15 is 0 Å². The fourth-order valence-corrected chi connectivity index (χ4v) is 4.95. The van der Waals surface area contributed by atoms with Crippen molar-refractivity contribution in [2.24, 2.45) is 0 Å². The van der Waals surface area contributed by atoms with Crippen LogP contribution >= 0.6 is 0 Å². The molecule has 10 heteroatoms. The highest BCUT2D eigenvalue weighted by Gasteiger charge is 2.37. The molecule has 5 rings (SSSR count). The van der Waals surface area contributed by atoms with E-state index in [-0.39, 0.29) is 17.6 Å². The molecule has 200 valence electrons. The fraction of sp³-hybridized carbons (Fsp3) is 0.429. The maximum absolute atomic E-state index is 13.4. The van der Waals surface area contributed by atoms with E-state index in [4.69, 9.17) is 0 Å². The second kappa shape index (κ2) is 11.8. The van der Waals surface area contributed by atoms with Crippen LogP contribution in [0.25, 0.3) is 5.69 Å². The first-order valence-electron chi connectivity index (χ1n) is 13.2. The minimum atomic E-state index is -0.588. The number of halogens is 1. The van der Waals surface area contributed by atoms with Gasteiger partial charge in [-0.15, -0.1) is 5.10 Å². The van der Waals surface area contributed by atoms with Crippen LogP contribution in [-0.2, 0) is 4.79 Å². The Kier molecular flexibility index (Phi) is 8.09. The number of piperazine rings is 1. The number of nitrogens with one attached hydrogen (secondary N) is 2. The van der Waals surface area contributed by atoms with Crippen molar-refractivity contribution in [3.63, 3.8) is 0 Å². The largest absolute Gasteiger partial charge is 0.340 e. The number of aromatic nitrogens is 3. The maximum atomic E-state index is 13.4. The van der Waals surface area contributed by atoms with E-state index in [1.165, 1.54) is 12.1 Å². The molecule has 9 nitrogen and oxygen atoms in total. The summed E-state index contributed by atoms with van der Waals surface area (Å²) in [6.45, 7) is 3.72. The van der Waals surface area contributed by atoms with E-state index in [0.29, 0.717) is 37.0 Å². The molecule has 2 aliphatic rings. The van der Waals surface area contributed by atoms with E-state index in [1.807, 2.05) is 24.1 Å². The number of benzene rings is 2. The van der Waals surface area contributed by atoms with E-state index in [9.17, 15) is 14.0 Å². The van der Waals surface area contributed by atoms with Gasteiger partial charge in [0.2, 0.25) is 5.91 Å². The van der Waals surface area contributed by atoms with Crippen molar-refractivity contribution in [2.75, 3.05) is 39.8 Å². The van der Waals surface area contributed by atoms with Crippen molar-refractivity contribution < 1.29 is 14.0 Å². The number of hydrogen-bond acceptors (Lipinski definition) is 6. The highest BCUT2D eigenvalue weighted by Crippen LogP contribution is 2.40. The zero-order valence-corrected chi connectivity index (χ0v) is 21.6. The first-order chi connectivity index (χ1) is 18.5. The average Bonchev–Trinajstić information content (AvgIpc) is 3.49. The predicted octanol–water partition coefficient (Wildman–Crippen LogP) is 2.20. The summed E-state index contributed by atoms with van der Waals surface area (Å²) in [5.74, 6) is -0.114. The van der Waals surface area contributed by atoms with E-state index in [0.717, 1.165) is 43.7 Å². The molecule has 1 saturated carbocycles. The molecule has 2 aromatic carbocycles. The van der Waals surface area contributed by atoms with Gasteiger partial charge in [-0.1, -0.05) is 17.3 Å². The van der Waals surface area contributed by atoms with Crippen LogP contribution in [0.5, 0.6) is 0 Å². The van der Waals surface area contributed by atoms with Gasteiger partial charge in [-0.2, -0.15) is 0 Å². The van der Waals surface area contributed by atoms with Crippen LogP contribution in [0, 0.1) is 5.82 Å². The van der Waals surface area contributed by atoms with Gasteiger partial charge in [-0.3, -0.25) is 9.59 Å². The summed E-state index contributed by atoms with van der Waals surface area (Å²) in [6.07, 6.45) is 5.65. The van der Waals surface area contributed by atoms with Gasteiger partial charge in [0.15, 0.2) is 0 Å². The summed E-state index contributed by atoms with van der Waals surface area (Å²) < 4.78 is 14.8. The molecule has 0 bridgehead atoms. The van der Waals surface area contributed by atoms with Crippen LogP contribution in [0.2, 0.25) is 0 Å². The van der Waals surface area contributed by atoms with Gasteiger partial charge < -0.3 is 20.4 Å². The summed E-state index contributed by atoms with van der Waals surface area (Å²) >= 11 is 0. The Morgan fingerprint density at radius 3 is 2.47 bits per heavy atom. The van der Waals surface area contributed by atoms with Crippen molar-refractivity contribution in [1.82, 2.24) is 35.4 Å². The zero-order chi connectivity index (χ0) is 26.5. The van der Waals surface area contributed by atoms with Crippen molar-refractivity contribution in [3.8, 4) is 5.69 Å². The molecule has 2 amide bonds. The van der Waals surface area contributed by atoms with E-state index in [2.05, 4.69) is 25.8 Å². The first kappa shape index (κ1) is 26.0. The Labute approximate surface area is 222 Å². The summed E-state index contributed by atoms with van der Waals surface area (Å²) in [6, 6.07) is 13.5. The molecule has 2 heterocycles. The molecular formula is C28H34FN7O2. The molecule has 1 unspecified atom stereocenters. The topological polar surface area (TPSA) is 95.4 Å². The van der Waals surface area contributed by atoms with Crippen molar-refractivity contribution >= 4 is 11.8 Å². The third-order valence-corrected chi connectivity index (χ3v) is 7.40. The van der Waals surface area contributed by atoms with E-state index < -0.39 is 6.04 Å². The number of amides is 2. The molecular weight excluding hydrogens is 485 g/mol. The number of carbonyl (C=O) groups is 2. The molecule has 2 N–H and O–H groups in total. The van der Waals surface area contributed by atoms with E-state index in [1.54, 1.807) is 41.3 Å². The van der Waals surface area contributed by atoms with Gasteiger partial charge in [-0.25, -0.2) is 9.07 Å². The molecule has 1 aliphatic carbocycles.